The van der Waals surface area contributed by atoms with Crippen molar-refractivity contribution in [1.82, 2.24) is 20.5 Å². The van der Waals surface area contributed by atoms with E-state index in [0.717, 1.165) is 36.4 Å². The van der Waals surface area contributed by atoms with Gasteiger partial charge in [0.2, 0.25) is 0 Å². The summed E-state index contributed by atoms with van der Waals surface area (Å²) in [5.74, 6) is 0. The molecule has 1 atom stereocenters. The second-order valence-corrected chi connectivity index (χ2v) is 3.58. The van der Waals surface area contributed by atoms with Gasteiger partial charge in [-0.05, 0) is 12.1 Å². The van der Waals surface area contributed by atoms with Gasteiger partial charge in [0.25, 0.3) is 0 Å². The highest BCUT2D eigenvalue weighted by molar-refractivity contribution is 5.86. The van der Waals surface area contributed by atoms with Gasteiger partial charge in [0.05, 0.1) is 12.3 Å². The lowest BCUT2D eigenvalue weighted by molar-refractivity contribution is 0.0258. The Morgan fingerprint density at radius 3 is 2.68 bits per heavy atom. The van der Waals surface area contributed by atoms with E-state index in [-0.39, 0.29) is 55.7 Å². The van der Waals surface area contributed by atoms with Crippen molar-refractivity contribution in [3.63, 3.8) is 0 Å². The zero-order valence-electron chi connectivity index (χ0n) is 9.87. The van der Waals surface area contributed by atoms with Gasteiger partial charge in [-0.2, -0.15) is 5.10 Å². The monoisotopic (exact) mass is 348 g/mol. The summed E-state index contributed by atoms with van der Waals surface area (Å²) in [4.78, 5) is 4.18. The fourth-order valence-electron chi connectivity index (χ4n) is 1.87. The first-order valence-corrected chi connectivity index (χ1v) is 5.06. The van der Waals surface area contributed by atoms with E-state index in [1.807, 2.05) is 12.1 Å². The number of fused-ring (bicyclic) bond motifs is 1. The minimum absolute atomic E-state index is 0. The van der Waals surface area contributed by atoms with E-state index in [1.54, 1.807) is 6.20 Å². The van der Waals surface area contributed by atoms with Crippen molar-refractivity contribution in [2.75, 3.05) is 19.7 Å². The number of morpholine rings is 1. The van der Waals surface area contributed by atoms with E-state index in [1.165, 1.54) is 0 Å². The molecule has 1 unspecified atom stereocenters. The zero-order valence-corrected chi connectivity index (χ0v) is 13.1. The standard InChI is InChI=1S/C10H12N4O.4ClH/c1-2-7-9(8-6-11-4-5-15-8)13-14-10(7)12-3-1;;;;/h1-3,8,11H,4-6H2,(H,12,13,14);4*1H. The third-order valence-corrected chi connectivity index (χ3v) is 2.61. The minimum Gasteiger partial charge on any atom is -0.369 e. The number of ether oxygens (including phenoxy) is 1. The molecule has 9 heteroatoms. The summed E-state index contributed by atoms with van der Waals surface area (Å²) < 4.78 is 5.67. The summed E-state index contributed by atoms with van der Waals surface area (Å²) in [6.07, 6.45) is 1.81. The summed E-state index contributed by atoms with van der Waals surface area (Å²) in [6.45, 7) is 2.48. The number of aromatic amines is 1. The molecule has 2 N–H and O–H groups in total. The molecular weight excluding hydrogens is 334 g/mol. The Kier molecular flexibility index (Phi) is 10.6. The van der Waals surface area contributed by atoms with Crippen LogP contribution in [0.1, 0.15) is 11.8 Å². The van der Waals surface area contributed by atoms with Crippen LogP contribution in [-0.4, -0.2) is 34.9 Å². The van der Waals surface area contributed by atoms with Crippen LogP contribution in [-0.2, 0) is 4.74 Å². The van der Waals surface area contributed by atoms with Gasteiger partial charge in [0.1, 0.15) is 6.10 Å². The van der Waals surface area contributed by atoms with Gasteiger partial charge >= 0.3 is 0 Å². The van der Waals surface area contributed by atoms with E-state index in [9.17, 15) is 0 Å². The normalized spacial score (nSPS) is 17.4. The number of hydrogen-bond acceptors (Lipinski definition) is 4. The lowest BCUT2D eigenvalue weighted by atomic mass is 10.1. The van der Waals surface area contributed by atoms with Gasteiger partial charge in [-0.3, -0.25) is 5.10 Å². The van der Waals surface area contributed by atoms with Gasteiger partial charge in [0, 0.05) is 24.7 Å². The molecule has 2 aromatic rings. The largest absolute Gasteiger partial charge is 0.369 e. The van der Waals surface area contributed by atoms with E-state index < -0.39 is 0 Å². The van der Waals surface area contributed by atoms with E-state index in [0.29, 0.717) is 0 Å². The van der Waals surface area contributed by atoms with Crippen molar-refractivity contribution in [2.24, 2.45) is 0 Å². The van der Waals surface area contributed by atoms with Gasteiger partial charge < -0.3 is 10.1 Å². The van der Waals surface area contributed by atoms with Crippen LogP contribution < -0.4 is 5.32 Å². The fourth-order valence-corrected chi connectivity index (χ4v) is 1.87. The summed E-state index contributed by atoms with van der Waals surface area (Å²) >= 11 is 0. The Labute approximate surface area is 135 Å². The number of nitrogens with one attached hydrogen (secondary N) is 2. The second kappa shape index (κ2) is 9.58. The minimum atomic E-state index is 0. The average Bonchev–Trinajstić information content (AvgIpc) is 2.74. The highest BCUT2D eigenvalue weighted by Crippen LogP contribution is 2.23. The van der Waals surface area contributed by atoms with Gasteiger partial charge in [-0.1, -0.05) is 0 Å². The number of nitrogens with zero attached hydrogens (tertiary/aromatic N) is 2. The molecule has 1 saturated heterocycles. The predicted octanol–water partition coefficient (Wildman–Crippen LogP) is 2.31. The second-order valence-electron chi connectivity index (χ2n) is 3.58. The molecule has 19 heavy (non-hydrogen) atoms. The fraction of sp³-hybridized carbons (Fsp3) is 0.400. The molecule has 0 spiro atoms. The Morgan fingerprint density at radius 1 is 1.21 bits per heavy atom. The lowest BCUT2D eigenvalue weighted by Crippen LogP contribution is -2.33. The first-order chi connectivity index (χ1) is 7.45. The molecule has 3 rings (SSSR count). The van der Waals surface area contributed by atoms with Crippen molar-refractivity contribution in [3.8, 4) is 0 Å². The molecule has 0 radical (unpaired) electrons. The Bertz CT molecular complexity index is 475. The first-order valence-electron chi connectivity index (χ1n) is 5.06. The SMILES string of the molecule is Cl.Cl.Cl.Cl.c1cnc2n[nH]c(C3CNCCO3)c2c1. The van der Waals surface area contributed by atoms with Crippen molar-refractivity contribution >= 4 is 60.7 Å². The van der Waals surface area contributed by atoms with Crippen LogP contribution in [0.15, 0.2) is 18.3 Å². The quantitative estimate of drug-likeness (QED) is 0.829. The molecule has 0 aliphatic carbocycles. The molecule has 5 nitrogen and oxygen atoms in total. The molecule has 0 aromatic carbocycles. The predicted molar refractivity (Wildman–Crippen MR) is 84.4 cm³/mol. The molecule has 1 aliphatic heterocycles. The number of pyridine rings is 1. The summed E-state index contributed by atoms with van der Waals surface area (Å²) in [5.41, 5.74) is 1.77. The molecule has 1 aliphatic rings. The highest BCUT2D eigenvalue weighted by Gasteiger charge is 2.20. The van der Waals surface area contributed by atoms with Crippen LogP contribution in [0.3, 0.4) is 0 Å². The van der Waals surface area contributed by atoms with Crippen molar-refractivity contribution in [3.05, 3.63) is 24.0 Å². The van der Waals surface area contributed by atoms with Gasteiger partial charge in [0.15, 0.2) is 5.65 Å². The van der Waals surface area contributed by atoms with Gasteiger partial charge in [-0.25, -0.2) is 4.98 Å². The van der Waals surface area contributed by atoms with E-state index >= 15 is 0 Å². The number of H-pyrrole nitrogens is 1. The lowest BCUT2D eigenvalue weighted by Gasteiger charge is -2.22. The zero-order chi connectivity index (χ0) is 10.1. The molecule has 0 saturated carbocycles. The highest BCUT2D eigenvalue weighted by atomic mass is 35.5. The van der Waals surface area contributed by atoms with Crippen LogP contribution in [0.25, 0.3) is 11.0 Å². The molecule has 1 fully saturated rings. The number of rotatable bonds is 1. The maximum Gasteiger partial charge on any atom is 0.181 e. The van der Waals surface area contributed by atoms with E-state index in [4.69, 9.17) is 4.74 Å². The summed E-state index contributed by atoms with van der Waals surface area (Å²) in [5, 5.41) is 11.5. The molecular formula is C10H16Cl4N4O. The number of hydrogen-bond donors (Lipinski definition) is 2. The van der Waals surface area contributed by atoms with Crippen LogP contribution >= 0.6 is 49.6 Å². The molecule has 2 aromatic heterocycles. The number of halogens is 4. The number of aromatic nitrogens is 3. The molecule has 0 bridgehead atoms. The molecule has 110 valence electrons. The van der Waals surface area contributed by atoms with Crippen molar-refractivity contribution < 1.29 is 4.74 Å². The Balaban J connectivity index is 0. The Morgan fingerprint density at radius 2 is 2.00 bits per heavy atom. The summed E-state index contributed by atoms with van der Waals surface area (Å²) in [7, 11) is 0. The van der Waals surface area contributed by atoms with Gasteiger partial charge in [-0.15, -0.1) is 49.6 Å². The van der Waals surface area contributed by atoms with Crippen LogP contribution in [0.5, 0.6) is 0 Å². The first kappa shape index (κ1) is 21.0. The third-order valence-electron chi connectivity index (χ3n) is 2.61. The van der Waals surface area contributed by atoms with Crippen molar-refractivity contribution in [1.29, 1.82) is 0 Å². The average molecular weight is 350 g/mol. The van der Waals surface area contributed by atoms with Crippen LogP contribution in [0.4, 0.5) is 0 Å². The van der Waals surface area contributed by atoms with E-state index in [2.05, 4.69) is 20.5 Å². The summed E-state index contributed by atoms with van der Waals surface area (Å²) in [6, 6.07) is 3.93. The maximum absolute atomic E-state index is 5.67. The van der Waals surface area contributed by atoms with Crippen molar-refractivity contribution in [2.45, 2.75) is 6.10 Å². The molecule has 3 heterocycles. The maximum atomic E-state index is 5.67. The topological polar surface area (TPSA) is 62.8 Å². The smallest absolute Gasteiger partial charge is 0.181 e. The van der Waals surface area contributed by atoms with Crippen LogP contribution in [0, 0.1) is 0 Å². The van der Waals surface area contributed by atoms with Crippen LogP contribution in [0.2, 0.25) is 0 Å². The third kappa shape index (κ3) is 4.34. The molecule has 0 amide bonds. The Hall–Kier alpha value is -0.300.